The van der Waals surface area contributed by atoms with Gasteiger partial charge >= 0.3 is 5.97 Å². The van der Waals surface area contributed by atoms with E-state index >= 15 is 0 Å². The molecule has 43 heavy (non-hydrogen) atoms. The van der Waals surface area contributed by atoms with E-state index in [1.165, 1.54) is 4.90 Å². The standard InChI is InChI=1S/C33H43N3O7/c1-5-6-18-35-19-12-17-33-27(30(39)36(21(2)20-37)29(33)31(35)40)26-24(43-33)15-10-11-16-25(38)34(4)22(3)28(42-32(26)41)23-13-8-7-9-14-23/h7-10,12-15,17,21-22,24,26-29,37H,5-6,11,16,18-20H2,1-4H3/b15-10-/t21-,22-,24-,26+,27+,28+,29-,33+/m1/s1. The third kappa shape index (κ3) is 5.40. The number of hydrogen-bond acceptors (Lipinski definition) is 7. The fourth-order valence-corrected chi connectivity index (χ4v) is 6.99. The molecule has 1 N–H and O–H groups in total. The van der Waals surface area contributed by atoms with E-state index in [0.29, 0.717) is 19.5 Å². The smallest absolute Gasteiger partial charge is 0.313 e. The van der Waals surface area contributed by atoms with Crippen molar-refractivity contribution in [2.24, 2.45) is 11.8 Å². The first-order chi connectivity index (χ1) is 20.7. The highest BCUT2D eigenvalue weighted by Crippen LogP contribution is 2.54. The molecule has 0 bridgehead atoms. The Morgan fingerprint density at radius 3 is 2.53 bits per heavy atom. The third-order valence-electron chi connectivity index (χ3n) is 9.47. The summed E-state index contributed by atoms with van der Waals surface area (Å²) in [5, 5.41) is 10.1. The number of fused-ring (bicyclic) bond motifs is 2. The molecule has 3 amide bonds. The first-order valence-electron chi connectivity index (χ1n) is 15.4. The number of amides is 3. The molecule has 4 aliphatic heterocycles. The molecular formula is C33H43N3O7. The van der Waals surface area contributed by atoms with E-state index in [4.69, 9.17) is 9.47 Å². The van der Waals surface area contributed by atoms with Gasteiger partial charge in [-0.05, 0) is 32.3 Å². The van der Waals surface area contributed by atoms with Crippen LogP contribution >= 0.6 is 0 Å². The van der Waals surface area contributed by atoms with Crippen LogP contribution in [0.1, 0.15) is 58.1 Å². The van der Waals surface area contributed by atoms with Crippen LogP contribution in [0.2, 0.25) is 0 Å². The molecule has 0 unspecified atom stereocenters. The summed E-state index contributed by atoms with van der Waals surface area (Å²) in [4.78, 5) is 60.6. The zero-order chi connectivity index (χ0) is 30.9. The van der Waals surface area contributed by atoms with Crippen molar-refractivity contribution in [3.8, 4) is 0 Å². The number of nitrogens with zero attached hydrogens (tertiary/aromatic N) is 3. The molecule has 1 aromatic rings. The predicted molar refractivity (Wildman–Crippen MR) is 158 cm³/mol. The molecule has 0 radical (unpaired) electrons. The molecule has 0 aliphatic carbocycles. The van der Waals surface area contributed by atoms with Crippen LogP contribution in [0, 0.1) is 11.8 Å². The summed E-state index contributed by atoms with van der Waals surface area (Å²) < 4.78 is 13.0. The van der Waals surface area contributed by atoms with Crippen molar-refractivity contribution >= 4 is 23.7 Å². The minimum absolute atomic E-state index is 0.0811. The average Bonchev–Trinajstić information content (AvgIpc) is 3.41. The molecule has 0 aromatic heterocycles. The summed E-state index contributed by atoms with van der Waals surface area (Å²) >= 11 is 0. The number of carbonyl (C=O) groups is 4. The Hall–Kier alpha value is -3.50. The number of carbonyl (C=O) groups excluding carboxylic acids is 4. The Morgan fingerprint density at radius 1 is 1.09 bits per heavy atom. The zero-order valence-electron chi connectivity index (χ0n) is 25.4. The third-order valence-corrected chi connectivity index (χ3v) is 9.47. The van der Waals surface area contributed by atoms with Crippen LogP contribution in [0.25, 0.3) is 0 Å². The number of benzene rings is 1. The van der Waals surface area contributed by atoms with Gasteiger partial charge in [0.05, 0.1) is 30.7 Å². The number of likely N-dealkylation sites (tertiary alicyclic amines) is 1. The molecular weight excluding hydrogens is 550 g/mol. The van der Waals surface area contributed by atoms with Crippen molar-refractivity contribution in [1.29, 1.82) is 0 Å². The first-order valence-corrected chi connectivity index (χ1v) is 15.4. The fraction of sp³-hybridized carbons (Fsp3) is 0.576. The number of rotatable bonds is 6. The molecule has 2 saturated heterocycles. The molecule has 2 fully saturated rings. The highest BCUT2D eigenvalue weighted by Gasteiger charge is 2.72. The second-order valence-electron chi connectivity index (χ2n) is 12.1. The number of likely N-dealkylation sites (N-methyl/N-ethyl adjacent to an activating group) is 1. The van der Waals surface area contributed by atoms with Crippen LogP contribution in [0.5, 0.6) is 0 Å². The van der Waals surface area contributed by atoms with Crippen molar-refractivity contribution in [3.05, 3.63) is 60.2 Å². The number of hydrogen-bond donors (Lipinski definition) is 1. The number of esters is 1. The SMILES string of the molecule is CCCCN1CC=C[C@]23O[C@@H]4/C=C\CCC(=O)N(C)[C@H](C)[C@@H](c5ccccc5)OC(=O)[C@@H]4[C@H]2C(=O)N([C@H](C)CO)[C@@H]3C1=O. The highest BCUT2D eigenvalue weighted by atomic mass is 16.6. The summed E-state index contributed by atoms with van der Waals surface area (Å²) in [6.45, 7) is 6.13. The maximum absolute atomic E-state index is 14.4. The molecule has 4 heterocycles. The molecule has 10 nitrogen and oxygen atoms in total. The molecule has 1 spiro atoms. The van der Waals surface area contributed by atoms with Crippen LogP contribution in [0.3, 0.4) is 0 Å². The lowest BCUT2D eigenvalue weighted by molar-refractivity contribution is -0.164. The maximum atomic E-state index is 14.4. The van der Waals surface area contributed by atoms with Gasteiger partial charge in [0.15, 0.2) is 0 Å². The number of unbranched alkanes of at least 4 members (excludes halogenated alkanes) is 1. The van der Waals surface area contributed by atoms with Gasteiger partial charge in [-0.2, -0.15) is 0 Å². The predicted octanol–water partition coefficient (Wildman–Crippen LogP) is 2.63. The molecule has 8 atom stereocenters. The van der Waals surface area contributed by atoms with Crippen LogP contribution < -0.4 is 0 Å². The minimum Gasteiger partial charge on any atom is -0.455 e. The topological polar surface area (TPSA) is 117 Å². The summed E-state index contributed by atoms with van der Waals surface area (Å²) in [6.07, 6.45) is 7.92. The van der Waals surface area contributed by atoms with E-state index in [1.54, 1.807) is 42.0 Å². The van der Waals surface area contributed by atoms with Gasteiger partial charge in [-0.25, -0.2) is 0 Å². The van der Waals surface area contributed by atoms with Crippen LogP contribution in [-0.4, -0.2) is 100 Å². The number of aliphatic hydroxyl groups is 1. The van der Waals surface area contributed by atoms with E-state index in [0.717, 1.165) is 18.4 Å². The van der Waals surface area contributed by atoms with Gasteiger partial charge in [0.25, 0.3) is 0 Å². The largest absolute Gasteiger partial charge is 0.455 e. The fourth-order valence-electron chi connectivity index (χ4n) is 6.99. The number of ether oxygens (including phenoxy) is 2. The van der Waals surface area contributed by atoms with E-state index in [1.807, 2.05) is 50.3 Å². The van der Waals surface area contributed by atoms with Gasteiger partial charge in [-0.1, -0.05) is 68.0 Å². The lowest BCUT2D eigenvalue weighted by Crippen LogP contribution is -2.57. The van der Waals surface area contributed by atoms with Gasteiger partial charge in [-0.3, -0.25) is 19.2 Å². The second-order valence-corrected chi connectivity index (χ2v) is 12.1. The molecule has 5 rings (SSSR count). The maximum Gasteiger partial charge on any atom is 0.313 e. The summed E-state index contributed by atoms with van der Waals surface area (Å²) in [6, 6.07) is 7.06. The van der Waals surface area contributed by atoms with Crippen molar-refractivity contribution < 1.29 is 33.8 Å². The Balaban J connectivity index is 1.61. The molecule has 232 valence electrons. The molecule has 1 aromatic carbocycles. The van der Waals surface area contributed by atoms with E-state index in [9.17, 15) is 24.3 Å². The molecule has 4 aliphatic rings. The lowest BCUT2D eigenvalue weighted by Gasteiger charge is -2.37. The highest BCUT2D eigenvalue weighted by molar-refractivity contribution is 5.99. The van der Waals surface area contributed by atoms with Gasteiger partial charge in [0, 0.05) is 26.6 Å². The van der Waals surface area contributed by atoms with Gasteiger partial charge in [0.1, 0.15) is 23.7 Å². The van der Waals surface area contributed by atoms with Gasteiger partial charge in [0.2, 0.25) is 17.7 Å². The van der Waals surface area contributed by atoms with Crippen molar-refractivity contribution in [2.45, 2.75) is 82.4 Å². The van der Waals surface area contributed by atoms with Crippen LogP contribution in [0.15, 0.2) is 54.6 Å². The summed E-state index contributed by atoms with van der Waals surface area (Å²) in [5.74, 6) is -3.45. The van der Waals surface area contributed by atoms with E-state index < -0.39 is 59.6 Å². The lowest BCUT2D eigenvalue weighted by atomic mass is 9.77. The van der Waals surface area contributed by atoms with Crippen LogP contribution in [0.4, 0.5) is 0 Å². The van der Waals surface area contributed by atoms with Crippen LogP contribution in [-0.2, 0) is 28.7 Å². The Labute approximate surface area is 253 Å². The monoisotopic (exact) mass is 593 g/mol. The second kappa shape index (κ2) is 12.6. The van der Waals surface area contributed by atoms with Gasteiger partial charge in [-0.15, -0.1) is 0 Å². The molecule has 10 heteroatoms. The summed E-state index contributed by atoms with van der Waals surface area (Å²) in [5.41, 5.74) is -0.694. The Bertz CT molecular complexity index is 1280. The number of allylic oxidation sites excluding steroid dienone is 1. The van der Waals surface area contributed by atoms with Crippen molar-refractivity contribution in [3.63, 3.8) is 0 Å². The van der Waals surface area contributed by atoms with E-state index in [2.05, 4.69) is 0 Å². The minimum atomic E-state index is -1.42. The molecule has 0 saturated carbocycles. The number of aliphatic hydroxyl groups excluding tert-OH is 1. The number of cyclic esters (lactones) is 1. The quantitative estimate of drug-likeness (QED) is 0.398. The van der Waals surface area contributed by atoms with Gasteiger partial charge < -0.3 is 29.3 Å². The van der Waals surface area contributed by atoms with Crippen molar-refractivity contribution in [1.82, 2.24) is 14.7 Å². The van der Waals surface area contributed by atoms with E-state index in [-0.39, 0.29) is 24.8 Å². The first kappa shape index (κ1) is 30.9. The Kier molecular flexibility index (Phi) is 9.08. The summed E-state index contributed by atoms with van der Waals surface area (Å²) in [7, 11) is 1.70. The zero-order valence-corrected chi connectivity index (χ0v) is 25.4. The average molecular weight is 594 g/mol. The normalized spacial score (nSPS) is 34.5. The Morgan fingerprint density at radius 2 is 1.84 bits per heavy atom. The van der Waals surface area contributed by atoms with Crippen molar-refractivity contribution in [2.75, 3.05) is 26.7 Å².